The molecule has 0 heterocycles. The lowest BCUT2D eigenvalue weighted by atomic mass is 10.1. The molecule has 0 fully saturated rings. The van der Waals surface area contributed by atoms with Crippen molar-refractivity contribution >= 4 is 11.9 Å². The smallest absolute Gasteiger partial charge is 0.323 e. The quantitative estimate of drug-likeness (QED) is 0.736. The molecular formula is C15H21NO6. The monoisotopic (exact) mass is 311 g/mol. The maximum atomic E-state index is 12.1. The highest BCUT2D eigenvalue weighted by Gasteiger charge is 2.17. The zero-order valence-corrected chi connectivity index (χ0v) is 13.0. The van der Waals surface area contributed by atoms with Crippen LogP contribution in [0.4, 0.5) is 0 Å². The van der Waals surface area contributed by atoms with Gasteiger partial charge in [0.1, 0.15) is 18.0 Å². The maximum Gasteiger partial charge on any atom is 0.323 e. The van der Waals surface area contributed by atoms with E-state index >= 15 is 0 Å². The minimum Gasteiger partial charge on any atom is -0.497 e. The van der Waals surface area contributed by atoms with E-state index in [1.165, 1.54) is 26.2 Å². The van der Waals surface area contributed by atoms with Crippen molar-refractivity contribution in [2.45, 2.75) is 13.0 Å². The van der Waals surface area contributed by atoms with E-state index in [9.17, 15) is 9.59 Å². The van der Waals surface area contributed by atoms with Gasteiger partial charge in [-0.15, -0.1) is 0 Å². The van der Waals surface area contributed by atoms with Crippen molar-refractivity contribution in [3.63, 3.8) is 0 Å². The van der Waals surface area contributed by atoms with Crippen LogP contribution >= 0.6 is 0 Å². The van der Waals surface area contributed by atoms with E-state index in [1.807, 2.05) is 0 Å². The Labute approximate surface area is 129 Å². The molecule has 7 nitrogen and oxygen atoms in total. The molecule has 0 bridgehead atoms. The Morgan fingerprint density at radius 3 is 2.14 bits per heavy atom. The van der Waals surface area contributed by atoms with Crippen molar-refractivity contribution in [3.05, 3.63) is 23.8 Å². The number of carbonyl (C=O) groups is 2. The Morgan fingerprint density at radius 2 is 1.68 bits per heavy atom. The van der Waals surface area contributed by atoms with Gasteiger partial charge in [-0.3, -0.25) is 9.59 Å². The van der Waals surface area contributed by atoms with Crippen LogP contribution in [0, 0.1) is 0 Å². The van der Waals surface area contributed by atoms with Crippen LogP contribution in [0.2, 0.25) is 0 Å². The van der Waals surface area contributed by atoms with Gasteiger partial charge in [0.2, 0.25) is 5.91 Å². The summed E-state index contributed by atoms with van der Waals surface area (Å²) in [4.78, 5) is 24.3. The molecule has 0 radical (unpaired) electrons. The summed E-state index contributed by atoms with van der Waals surface area (Å²) in [5.74, 6) is -0.199. The van der Waals surface area contributed by atoms with Crippen molar-refractivity contribution < 1.29 is 28.9 Å². The van der Waals surface area contributed by atoms with E-state index in [0.717, 1.165) is 5.56 Å². The minimum atomic E-state index is -1.07. The van der Waals surface area contributed by atoms with Crippen molar-refractivity contribution in [1.29, 1.82) is 0 Å². The summed E-state index contributed by atoms with van der Waals surface area (Å²) in [6.45, 7) is 0.0286. The molecule has 22 heavy (non-hydrogen) atoms. The van der Waals surface area contributed by atoms with Gasteiger partial charge >= 0.3 is 5.97 Å². The SMILES string of the molecule is COCCC(=O)N(CC(=O)O)Cc1cc(OC)cc(OC)c1. The highest BCUT2D eigenvalue weighted by atomic mass is 16.5. The first kappa shape index (κ1) is 17.8. The van der Waals surface area contributed by atoms with E-state index in [4.69, 9.17) is 19.3 Å². The fraction of sp³-hybridized carbons (Fsp3) is 0.467. The summed E-state index contributed by atoms with van der Waals surface area (Å²) in [5, 5.41) is 8.96. The predicted molar refractivity (Wildman–Crippen MR) is 79.1 cm³/mol. The highest BCUT2D eigenvalue weighted by Crippen LogP contribution is 2.23. The zero-order chi connectivity index (χ0) is 16.5. The molecule has 0 spiro atoms. The number of hydrogen-bond acceptors (Lipinski definition) is 5. The number of rotatable bonds is 9. The Kier molecular flexibility index (Phi) is 7.18. The van der Waals surface area contributed by atoms with Gasteiger partial charge in [-0.1, -0.05) is 0 Å². The molecule has 0 atom stereocenters. The molecule has 1 amide bonds. The van der Waals surface area contributed by atoms with E-state index in [2.05, 4.69) is 0 Å². The second-order valence-corrected chi connectivity index (χ2v) is 4.61. The van der Waals surface area contributed by atoms with Crippen LogP contribution < -0.4 is 9.47 Å². The molecule has 122 valence electrons. The number of aliphatic carboxylic acids is 1. The van der Waals surface area contributed by atoms with Crippen LogP contribution in [0.1, 0.15) is 12.0 Å². The third-order valence-corrected chi connectivity index (χ3v) is 2.98. The van der Waals surface area contributed by atoms with Gasteiger partial charge in [0.15, 0.2) is 0 Å². The largest absolute Gasteiger partial charge is 0.497 e. The molecule has 0 unspecified atom stereocenters. The molecule has 1 rings (SSSR count). The van der Waals surface area contributed by atoms with Crippen LogP contribution in [0.25, 0.3) is 0 Å². The Bertz CT molecular complexity index is 495. The molecule has 0 aromatic heterocycles. The lowest BCUT2D eigenvalue weighted by Gasteiger charge is -2.21. The first-order valence-corrected chi connectivity index (χ1v) is 6.70. The third kappa shape index (κ3) is 5.61. The van der Waals surface area contributed by atoms with Gasteiger partial charge in [0, 0.05) is 19.7 Å². The van der Waals surface area contributed by atoms with Crippen molar-refractivity contribution in [3.8, 4) is 11.5 Å². The highest BCUT2D eigenvalue weighted by molar-refractivity contribution is 5.81. The number of hydrogen-bond donors (Lipinski definition) is 1. The second kappa shape index (κ2) is 8.89. The average molecular weight is 311 g/mol. The van der Waals surface area contributed by atoms with Crippen molar-refractivity contribution in [2.75, 3.05) is 34.5 Å². The summed E-state index contributed by atoms with van der Waals surface area (Å²) < 4.78 is 15.2. The maximum absolute atomic E-state index is 12.1. The second-order valence-electron chi connectivity index (χ2n) is 4.61. The van der Waals surface area contributed by atoms with Gasteiger partial charge in [0.05, 0.1) is 27.2 Å². The topological polar surface area (TPSA) is 85.3 Å². The minimum absolute atomic E-state index is 0.130. The van der Waals surface area contributed by atoms with Gasteiger partial charge in [-0.25, -0.2) is 0 Å². The van der Waals surface area contributed by atoms with E-state index in [0.29, 0.717) is 11.5 Å². The van der Waals surface area contributed by atoms with Crippen LogP contribution in [-0.2, 0) is 20.9 Å². The number of ether oxygens (including phenoxy) is 3. The molecule has 7 heteroatoms. The Hall–Kier alpha value is -2.28. The normalized spacial score (nSPS) is 10.1. The summed E-state index contributed by atoms with van der Waals surface area (Å²) in [5.41, 5.74) is 0.725. The van der Waals surface area contributed by atoms with Crippen molar-refractivity contribution in [1.82, 2.24) is 4.90 Å². The number of carboxylic acid groups (broad SMARTS) is 1. The number of benzene rings is 1. The standard InChI is InChI=1S/C15H21NO6/c1-20-5-4-14(17)16(10-15(18)19)9-11-6-12(21-2)8-13(7-11)22-3/h6-8H,4-5,9-10H2,1-3H3,(H,18,19). The number of carbonyl (C=O) groups excluding carboxylic acids is 1. The number of carboxylic acids is 1. The van der Waals surface area contributed by atoms with Crippen molar-refractivity contribution in [2.24, 2.45) is 0 Å². The predicted octanol–water partition coefficient (Wildman–Crippen LogP) is 1.15. The fourth-order valence-corrected chi connectivity index (χ4v) is 1.92. The molecule has 1 aromatic carbocycles. The van der Waals surface area contributed by atoms with Crippen LogP contribution in [0.5, 0.6) is 11.5 Å². The molecule has 1 N–H and O–H groups in total. The molecule has 0 saturated heterocycles. The average Bonchev–Trinajstić information content (AvgIpc) is 2.50. The molecular weight excluding hydrogens is 290 g/mol. The molecule has 0 aliphatic rings. The Morgan fingerprint density at radius 1 is 1.09 bits per heavy atom. The van der Waals surface area contributed by atoms with Crippen LogP contribution in [-0.4, -0.2) is 56.4 Å². The van der Waals surface area contributed by atoms with Crippen LogP contribution in [0.15, 0.2) is 18.2 Å². The number of methoxy groups -OCH3 is 3. The first-order chi connectivity index (χ1) is 10.5. The van der Waals surface area contributed by atoms with Gasteiger partial charge in [-0.05, 0) is 17.7 Å². The molecule has 0 aliphatic heterocycles. The molecule has 0 aliphatic carbocycles. The fourth-order valence-electron chi connectivity index (χ4n) is 1.92. The van der Waals surface area contributed by atoms with Crippen LogP contribution in [0.3, 0.4) is 0 Å². The number of nitrogens with zero attached hydrogens (tertiary/aromatic N) is 1. The summed E-state index contributed by atoms with van der Waals surface area (Å²) >= 11 is 0. The van der Waals surface area contributed by atoms with E-state index < -0.39 is 5.97 Å². The summed E-state index contributed by atoms with van der Waals surface area (Å²) in [6, 6.07) is 5.18. The number of amides is 1. The third-order valence-electron chi connectivity index (χ3n) is 2.98. The first-order valence-electron chi connectivity index (χ1n) is 6.70. The lowest BCUT2D eigenvalue weighted by molar-refractivity contribution is -0.145. The van der Waals surface area contributed by atoms with Gasteiger partial charge < -0.3 is 24.2 Å². The van der Waals surface area contributed by atoms with E-state index in [1.54, 1.807) is 18.2 Å². The Balaban J connectivity index is 2.92. The lowest BCUT2D eigenvalue weighted by Crippen LogP contribution is -2.35. The van der Waals surface area contributed by atoms with Gasteiger partial charge in [-0.2, -0.15) is 0 Å². The summed E-state index contributed by atoms with van der Waals surface area (Å²) in [7, 11) is 4.54. The summed E-state index contributed by atoms with van der Waals surface area (Å²) in [6.07, 6.45) is 0.130. The zero-order valence-electron chi connectivity index (χ0n) is 13.0. The van der Waals surface area contributed by atoms with E-state index in [-0.39, 0.29) is 32.0 Å². The molecule has 0 saturated carbocycles. The van der Waals surface area contributed by atoms with Gasteiger partial charge in [0.25, 0.3) is 0 Å². The molecule has 1 aromatic rings.